The Kier molecular flexibility index (Phi) is 8.36. The number of piperidine rings is 1. The zero-order valence-electron chi connectivity index (χ0n) is 17.4. The van der Waals surface area contributed by atoms with E-state index in [4.69, 9.17) is 0 Å². The molecule has 30 heavy (non-hydrogen) atoms. The number of hydrogen-bond donors (Lipinski definition) is 1. The summed E-state index contributed by atoms with van der Waals surface area (Å²) in [5.41, 5.74) is 2.24. The van der Waals surface area contributed by atoms with Gasteiger partial charge in [0, 0.05) is 24.9 Å². The average molecular weight is 447 g/mol. The van der Waals surface area contributed by atoms with Crippen molar-refractivity contribution in [3.63, 3.8) is 0 Å². The molecule has 0 aromatic heterocycles. The molecule has 1 atom stereocenters. The lowest BCUT2D eigenvalue weighted by molar-refractivity contribution is -0.118. The molecule has 1 N–H and O–H groups in total. The highest BCUT2D eigenvalue weighted by Crippen LogP contribution is 2.27. The van der Waals surface area contributed by atoms with Gasteiger partial charge in [-0.3, -0.25) is 4.79 Å². The van der Waals surface area contributed by atoms with Crippen molar-refractivity contribution in [1.29, 1.82) is 0 Å². The third kappa shape index (κ3) is 6.33. The van der Waals surface area contributed by atoms with E-state index in [2.05, 4.69) is 17.4 Å². The average Bonchev–Trinajstić information content (AvgIpc) is 2.75. The van der Waals surface area contributed by atoms with E-state index in [1.165, 1.54) is 5.56 Å². The SMILES string of the molecule is Cc1ccc(S(=O)(=O)N2CCCCC2CCNC(=O)CSCc2ccccc2)cc1. The maximum atomic E-state index is 13.1. The van der Waals surface area contributed by atoms with E-state index in [1.807, 2.05) is 37.3 Å². The van der Waals surface area contributed by atoms with Crippen LogP contribution < -0.4 is 5.32 Å². The van der Waals surface area contributed by atoms with Gasteiger partial charge in [-0.15, -0.1) is 11.8 Å². The predicted octanol–water partition coefficient (Wildman–Crippen LogP) is 3.98. The van der Waals surface area contributed by atoms with E-state index in [0.717, 1.165) is 30.6 Å². The van der Waals surface area contributed by atoms with Gasteiger partial charge in [0.15, 0.2) is 0 Å². The van der Waals surface area contributed by atoms with Gasteiger partial charge in [-0.2, -0.15) is 4.31 Å². The first kappa shape index (κ1) is 22.8. The van der Waals surface area contributed by atoms with Crippen LogP contribution in [0, 0.1) is 6.92 Å². The smallest absolute Gasteiger partial charge is 0.243 e. The normalized spacial score (nSPS) is 17.6. The van der Waals surface area contributed by atoms with Gasteiger partial charge in [-0.1, -0.05) is 54.4 Å². The van der Waals surface area contributed by atoms with Crippen molar-refractivity contribution in [2.45, 2.75) is 49.3 Å². The molecule has 0 radical (unpaired) electrons. The maximum absolute atomic E-state index is 13.1. The van der Waals surface area contributed by atoms with Crippen molar-refractivity contribution in [3.8, 4) is 0 Å². The summed E-state index contributed by atoms with van der Waals surface area (Å²) in [4.78, 5) is 12.5. The Morgan fingerprint density at radius 3 is 2.57 bits per heavy atom. The minimum atomic E-state index is -3.51. The lowest BCUT2D eigenvalue weighted by Gasteiger charge is -2.34. The molecule has 1 aliphatic heterocycles. The third-order valence-corrected chi connectivity index (χ3v) is 8.31. The lowest BCUT2D eigenvalue weighted by atomic mass is 10.0. The Balaban J connectivity index is 1.48. The molecule has 0 spiro atoms. The molecular weight excluding hydrogens is 416 g/mol. The standard InChI is InChI=1S/C23H30N2O3S2/c1-19-10-12-22(13-11-19)30(27,28)25-16-6-5-9-21(25)14-15-24-23(26)18-29-17-20-7-3-2-4-8-20/h2-4,7-8,10-13,21H,5-6,9,14-18H2,1H3,(H,24,26). The number of nitrogens with zero attached hydrogens (tertiary/aromatic N) is 1. The van der Waals surface area contributed by atoms with Gasteiger partial charge >= 0.3 is 0 Å². The Hall–Kier alpha value is -1.83. The van der Waals surface area contributed by atoms with E-state index in [9.17, 15) is 13.2 Å². The van der Waals surface area contributed by atoms with Crippen LogP contribution in [0.25, 0.3) is 0 Å². The van der Waals surface area contributed by atoms with Gasteiger partial charge in [-0.25, -0.2) is 8.42 Å². The largest absolute Gasteiger partial charge is 0.355 e. The summed E-state index contributed by atoms with van der Waals surface area (Å²) < 4.78 is 27.9. The van der Waals surface area contributed by atoms with E-state index in [1.54, 1.807) is 28.2 Å². The van der Waals surface area contributed by atoms with Crippen molar-refractivity contribution < 1.29 is 13.2 Å². The molecule has 3 rings (SSSR count). The van der Waals surface area contributed by atoms with Crippen molar-refractivity contribution >= 4 is 27.7 Å². The maximum Gasteiger partial charge on any atom is 0.243 e. The number of rotatable bonds is 9. The van der Waals surface area contributed by atoms with Crippen LogP contribution in [0.1, 0.15) is 36.8 Å². The number of aryl methyl sites for hydroxylation is 1. The summed E-state index contributed by atoms with van der Waals surface area (Å²) in [5.74, 6) is 1.21. The third-order valence-electron chi connectivity index (χ3n) is 5.35. The van der Waals surface area contributed by atoms with Crippen LogP contribution >= 0.6 is 11.8 Å². The summed E-state index contributed by atoms with van der Waals surface area (Å²) in [6.45, 7) is 2.98. The minimum Gasteiger partial charge on any atom is -0.355 e. The van der Waals surface area contributed by atoms with Gasteiger partial charge in [0.1, 0.15) is 0 Å². The molecule has 0 saturated carbocycles. The molecule has 1 unspecified atom stereocenters. The van der Waals surface area contributed by atoms with Crippen molar-refractivity contribution in [1.82, 2.24) is 9.62 Å². The fourth-order valence-corrected chi connectivity index (χ4v) is 6.23. The van der Waals surface area contributed by atoms with Crippen LogP contribution in [0.4, 0.5) is 0 Å². The van der Waals surface area contributed by atoms with Gasteiger partial charge < -0.3 is 5.32 Å². The quantitative estimate of drug-likeness (QED) is 0.633. The summed E-state index contributed by atoms with van der Waals surface area (Å²) in [7, 11) is -3.51. The molecule has 1 saturated heterocycles. The molecule has 7 heteroatoms. The second-order valence-corrected chi connectivity index (χ2v) is 10.6. The first-order valence-electron chi connectivity index (χ1n) is 10.4. The topological polar surface area (TPSA) is 66.5 Å². The van der Waals surface area contributed by atoms with E-state index < -0.39 is 10.0 Å². The monoisotopic (exact) mass is 446 g/mol. The molecule has 0 aliphatic carbocycles. The molecule has 2 aromatic carbocycles. The van der Waals surface area contributed by atoms with Crippen molar-refractivity contribution in [3.05, 3.63) is 65.7 Å². The van der Waals surface area contributed by atoms with Crippen LogP contribution in [-0.2, 0) is 20.6 Å². The fourth-order valence-electron chi connectivity index (χ4n) is 3.69. The highest BCUT2D eigenvalue weighted by molar-refractivity contribution is 7.99. The number of nitrogens with one attached hydrogen (secondary N) is 1. The van der Waals surface area contributed by atoms with Crippen LogP contribution in [-0.4, -0.2) is 43.5 Å². The molecule has 1 heterocycles. The molecule has 1 aliphatic rings. The number of carbonyl (C=O) groups is 1. The second-order valence-electron chi connectivity index (χ2n) is 7.70. The Morgan fingerprint density at radius 1 is 1.10 bits per heavy atom. The number of benzene rings is 2. The molecule has 162 valence electrons. The molecule has 1 fully saturated rings. The number of carbonyl (C=O) groups excluding carboxylic acids is 1. The van der Waals surface area contributed by atoms with Crippen LogP contribution in [0.5, 0.6) is 0 Å². The summed E-state index contributed by atoms with van der Waals surface area (Å²) in [5, 5.41) is 2.95. The Bertz CT molecular complexity index is 915. The zero-order chi connectivity index (χ0) is 21.4. The predicted molar refractivity (Wildman–Crippen MR) is 123 cm³/mol. The number of amides is 1. The van der Waals surface area contributed by atoms with E-state index in [0.29, 0.717) is 30.2 Å². The van der Waals surface area contributed by atoms with Crippen LogP contribution in [0.15, 0.2) is 59.5 Å². The zero-order valence-corrected chi connectivity index (χ0v) is 19.1. The van der Waals surface area contributed by atoms with Crippen molar-refractivity contribution in [2.24, 2.45) is 0 Å². The highest BCUT2D eigenvalue weighted by atomic mass is 32.2. The van der Waals surface area contributed by atoms with Crippen molar-refractivity contribution in [2.75, 3.05) is 18.8 Å². The minimum absolute atomic E-state index is 0.000294. The highest BCUT2D eigenvalue weighted by Gasteiger charge is 2.33. The Morgan fingerprint density at radius 2 is 1.83 bits per heavy atom. The molecule has 5 nitrogen and oxygen atoms in total. The Labute approximate surface area is 184 Å². The molecule has 2 aromatic rings. The molecule has 0 bridgehead atoms. The first-order chi connectivity index (χ1) is 14.5. The number of thioether (sulfide) groups is 1. The van der Waals surface area contributed by atoms with Gasteiger partial charge in [0.05, 0.1) is 10.6 Å². The van der Waals surface area contributed by atoms with E-state index in [-0.39, 0.29) is 11.9 Å². The summed E-state index contributed by atoms with van der Waals surface area (Å²) >= 11 is 1.59. The van der Waals surface area contributed by atoms with Crippen LogP contribution in [0.3, 0.4) is 0 Å². The summed E-state index contributed by atoms with van der Waals surface area (Å²) in [6.07, 6.45) is 3.37. The lowest BCUT2D eigenvalue weighted by Crippen LogP contribution is -2.45. The number of sulfonamides is 1. The second kappa shape index (κ2) is 11.0. The van der Waals surface area contributed by atoms with Gasteiger partial charge in [0.25, 0.3) is 0 Å². The first-order valence-corrected chi connectivity index (χ1v) is 13.0. The van der Waals surface area contributed by atoms with E-state index >= 15 is 0 Å². The molecule has 1 amide bonds. The summed E-state index contributed by atoms with van der Waals surface area (Å²) in [6, 6.07) is 17.0. The van der Waals surface area contributed by atoms with Gasteiger partial charge in [-0.05, 0) is 43.9 Å². The molecular formula is C23H30N2O3S2. The van der Waals surface area contributed by atoms with Crippen LogP contribution in [0.2, 0.25) is 0 Å². The van der Waals surface area contributed by atoms with Gasteiger partial charge in [0.2, 0.25) is 15.9 Å². The number of hydrogen-bond acceptors (Lipinski definition) is 4. The fraction of sp³-hybridized carbons (Fsp3) is 0.435.